The van der Waals surface area contributed by atoms with Gasteiger partial charge in [0.05, 0.1) is 12.2 Å². The molecule has 0 aromatic carbocycles. The van der Waals surface area contributed by atoms with Crippen molar-refractivity contribution in [3.63, 3.8) is 0 Å². The van der Waals surface area contributed by atoms with Gasteiger partial charge in [-0.25, -0.2) is 0 Å². The molecule has 3 nitrogen and oxygen atoms in total. The van der Waals surface area contributed by atoms with Crippen LogP contribution in [-0.4, -0.2) is 31.5 Å². The standard InChI is InChI=1S/C7H8F3O3/c8-7(9,10)13-6-3-5(4-6)12-2-1-11/h5-6H,2-4H2. The van der Waals surface area contributed by atoms with Crippen molar-refractivity contribution in [1.82, 2.24) is 0 Å². The van der Waals surface area contributed by atoms with Crippen LogP contribution in [0.15, 0.2) is 0 Å². The van der Waals surface area contributed by atoms with Crippen molar-refractivity contribution in [3.05, 3.63) is 0 Å². The fraction of sp³-hybridized carbons (Fsp3) is 0.857. The quantitative estimate of drug-likeness (QED) is 0.678. The Morgan fingerprint density at radius 3 is 2.38 bits per heavy atom. The van der Waals surface area contributed by atoms with Gasteiger partial charge in [-0.15, -0.1) is 13.2 Å². The molecule has 0 amide bonds. The summed E-state index contributed by atoms with van der Waals surface area (Å²) in [4.78, 5) is 9.70. The van der Waals surface area contributed by atoms with Crippen molar-refractivity contribution < 1.29 is 27.4 Å². The molecule has 1 aliphatic carbocycles. The molecule has 1 aliphatic rings. The third kappa shape index (κ3) is 3.73. The Morgan fingerprint density at radius 2 is 1.92 bits per heavy atom. The van der Waals surface area contributed by atoms with Gasteiger partial charge in [0, 0.05) is 12.8 Å². The average Bonchev–Trinajstić information content (AvgIpc) is 1.91. The topological polar surface area (TPSA) is 35.5 Å². The third-order valence-electron chi connectivity index (χ3n) is 1.73. The van der Waals surface area contributed by atoms with Crippen LogP contribution in [0.4, 0.5) is 13.2 Å². The van der Waals surface area contributed by atoms with Gasteiger partial charge in [-0.2, -0.15) is 0 Å². The second kappa shape index (κ2) is 4.06. The number of hydrogen-bond acceptors (Lipinski definition) is 3. The van der Waals surface area contributed by atoms with Crippen LogP contribution in [0.5, 0.6) is 0 Å². The van der Waals surface area contributed by atoms with Crippen molar-refractivity contribution in [2.24, 2.45) is 0 Å². The number of rotatable bonds is 4. The first-order chi connectivity index (χ1) is 6.01. The Bertz CT molecular complexity index is 174. The smallest absolute Gasteiger partial charge is 0.370 e. The predicted octanol–water partition coefficient (Wildman–Crippen LogP) is 1.18. The van der Waals surface area contributed by atoms with E-state index in [1.807, 2.05) is 0 Å². The molecule has 0 bridgehead atoms. The highest BCUT2D eigenvalue weighted by molar-refractivity contribution is 5.51. The first kappa shape index (κ1) is 10.5. The molecule has 0 aromatic heterocycles. The molecule has 6 heteroatoms. The molecular formula is C7H8F3O3. The van der Waals surface area contributed by atoms with Crippen LogP contribution < -0.4 is 0 Å². The van der Waals surface area contributed by atoms with Gasteiger partial charge in [0.2, 0.25) is 6.29 Å². The summed E-state index contributed by atoms with van der Waals surface area (Å²) in [5, 5.41) is 0. The summed E-state index contributed by atoms with van der Waals surface area (Å²) in [6, 6.07) is 0. The van der Waals surface area contributed by atoms with Crippen molar-refractivity contribution in [3.8, 4) is 0 Å². The van der Waals surface area contributed by atoms with Crippen molar-refractivity contribution in [2.75, 3.05) is 6.61 Å². The maximum absolute atomic E-state index is 11.6. The summed E-state index contributed by atoms with van der Waals surface area (Å²) >= 11 is 0. The van der Waals surface area contributed by atoms with Crippen LogP contribution in [0.1, 0.15) is 12.8 Å². The molecule has 0 aromatic rings. The van der Waals surface area contributed by atoms with E-state index in [0.29, 0.717) is 0 Å². The van der Waals surface area contributed by atoms with E-state index in [1.165, 1.54) is 6.29 Å². The van der Waals surface area contributed by atoms with Gasteiger partial charge < -0.3 is 4.74 Å². The first-order valence-electron chi connectivity index (χ1n) is 3.72. The molecule has 1 rings (SSSR count). The lowest BCUT2D eigenvalue weighted by Gasteiger charge is -2.34. The van der Waals surface area contributed by atoms with Gasteiger partial charge in [0.1, 0.15) is 6.61 Å². The highest BCUT2D eigenvalue weighted by atomic mass is 19.4. The number of hydrogen-bond donors (Lipinski definition) is 0. The maximum Gasteiger partial charge on any atom is 0.522 e. The molecule has 75 valence electrons. The fourth-order valence-electron chi connectivity index (χ4n) is 1.09. The Balaban J connectivity index is 2.08. The van der Waals surface area contributed by atoms with E-state index in [2.05, 4.69) is 4.74 Å². The average molecular weight is 197 g/mol. The van der Waals surface area contributed by atoms with Crippen molar-refractivity contribution in [1.29, 1.82) is 0 Å². The lowest BCUT2D eigenvalue weighted by Crippen LogP contribution is -2.40. The minimum absolute atomic E-state index is 0.182. The molecule has 0 atom stereocenters. The van der Waals surface area contributed by atoms with Gasteiger partial charge in [-0.1, -0.05) is 0 Å². The Morgan fingerprint density at radius 1 is 1.31 bits per heavy atom. The zero-order valence-corrected chi connectivity index (χ0v) is 6.63. The summed E-state index contributed by atoms with van der Waals surface area (Å²) in [5.41, 5.74) is 0. The molecule has 0 N–H and O–H groups in total. The second-order valence-corrected chi connectivity index (χ2v) is 2.73. The van der Waals surface area contributed by atoms with E-state index in [4.69, 9.17) is 4.74 Å². The first-order valence-corrected chi connectivity index (χ1v) is 3.72. The Labute approximate surface area is 72.8 Å². The largest absolute Gasteiger partial charge is 0.522 e. The molecule has 0 unspecified atom stereocenters. The van der Waals surface area contributed by atoms with Crippen LogP contribution in [0.2, 0.25) is 0 Å². The van der Waals surface area contributed by atoms with Crippen LogP contribution in [0, 0.1) is 0 Å². The number of alkyl halides is 3. The molecule has 0 heterocycles. The molecule has 0 saturated heterocycles. The molecular weight excluding hydrogens is 189 g/mol. The monoisotopic (exact) mass is 197 g/mol. The SMILES string of the molecule is O=[C]COC1CC(OC(F)(F)F)C1. The van der Waals surface area contributed by atoms with Gasteiger partial charge >= 0.3 is 6.36 Å². The van der Waals surface area contributed by atoms with E-state index >= 15 is 0 Å². The van der Waals surface area contributed by atoms with Crippen LogP contribution in [0.25, 0.3) is 0 Å². The number of halogens is 3. The van der Waals surface area contributed by atoms with Gasteiger partial charge in [-0.05, 0) is 0 Å². The minimum Gasteiger partial charge on any atom is -0.370 e. The van der Waals surface area contributed by atoms with E-state index in [1.54, 1.807) is 0 Å². The second-order valence-electron chi connectivity index (χ2n) is 2.73. The van der Waals surface area contributed by atoms with Gasteiger partial charge in [0.25, 0.3) is 0 Å². The summed E-state index contributed by atoms with van der Waals surface area (Å²) in [7, 11) is 0. The van der Waals surface area contributed by atoms with Gasteiger partial charge in [0.15, 0.2) is 0 Å². The summed E-state index contributed by atoms with van der Waals surface area (Å²) in [5.74, 6) is 0. The molecule has 0 spiro atoms. The lowest BCUT2D eigenvalue weighted by molar-refractivity contribution is -0.356. The zero-order valence-electron chi connectivity index (χ0n) is 6.63. The molecule has 1 radical (unpaired) electrons. The van der Waals surface area contributed by atoms with Gasteiger partial charge in [-0.3, -0.25) is 9.53 Å². The fourth-order valence-corrected chi connectivity index (χ4v) is 1.09. The molecule has 0 aliphatic heterocycles. The van der Waals surface area contributed by atoms with E-state index < -0.39 is 12.5 Å². The Kier molecular flexibility index (Phi) is 3.27. The molecule has 1 saturated carbocycles. The van der Waals surface area contributed by atoms with Crippen molar-refractivity contribution >= 4 is 6.29 Å². The Hall–Kier alpha value is -0.620. The summed E-state index contributed by atoms with van der Waals surface area (Å²) in [6.07, 6.45) is -3.84. The zero-order chi connectivity index (χ0) is 9.90. The maximum atomic E-state index is 11.6. The predicted molar refractivity (Wildman–Crippen MR) is 35.6 cm³/mol. The summed E-state index contributed by atoms with van der Waals surface area (Å²) in [6.45, 7) is -0.191. The minimum atomic E-state index is -4.58. The summed E-state index contributed by atoms with van der Waals surface area (Å²) < 4.78 is 43.2. The van der Waals surface area contributed by atoms with E-state index in [0.717, 1.165) is 0 Å². The van der Waals surface area contributed by atoms with Crippen LogP contribution in [0.3, 0.4) is 0 Å². The lowest BCUT2D eigenvalue weighted by atomic mass is 9.92. The number of ether oxygens (including phenoxy) is 2. The van der Waals surface area contributed by atoms with Crippen LogP contribution >= 0.6 is 0 Å². The highest BCUT2D eigenvalue weighted by Gasteiger charge is 2.40. The number of carbonyl (C=O) groups excluding carboxylic acids is 1. The van der Waals surface area contributed by atoms with E-state index in [-0.39, 0.29) is 25.6 Å². The highest BCUT2D eigenvalue weighted by Crippen LogP contribution is 2.31. The molecule has 1 fully saturated rings. The van der Waals surface area contributed by atoms with E-state index in [9.17, 15) is 18.0 Å². The van der Waals surface area contributed by atoms with Crippen LogP contribution in [-0.2, 0) is 14.3 Å². The normalized spacial score (nSPS) is 28.2. The third-order valence-corrected chi connectivity index (χ3v) is 1.73. The molecule has 13 heavy (non-hydrogen) atoms. The van der Waals surface area contributed by atoms with Crippen molar-refractivity contribution in [2.45, 2.75) is 31.4 Å².